The van der Waals surface area contributed by atoms with Gasteiger partial charge in [0.2, 0.25) is 0 Å². The van der Waals surface area contributed by atoms with Crippen LogP contribution in [0, 0.1) is 0 Å². The van der Waals surface area contributed by atoms with E-state index in [2.05, 4.69) is 17.0 Å². The van der Waals surface area contributed by atoms with Gasteiger partial charge in [-0.2, -0.15) is 0 Å². The molecule has 2 rings (SSSR count). The Morgan fingerprint density at radius 3 is 2.80 bits per heavy atom. The van der Waals surface area contributed by atoms with Gasteiger partial charge in [-0.05, 0) is 24.5 Å². The van der Waals surface area contributed by atoms with Crippen molar-refractivity contribution in [2.24, 2.45) is 5.73 Å². The molecule has 0 bridgehead atoms. The van der Waals surface area contributed by atoms with Gasteiger partial charge >= 0.3 is 0 Å². The molecule has 4 nitrogen and oxygen atoms in total. The molecular formula is C15H22N2O2S. The molecule has 1 saturated heterocycles. The summed E-state index contributed by atoms with van der Waals surface area (Å²) in [7, 11) is 0. The van der Waals surface area contributed by atoms with E-state index in [0.717, 1.165) is 38.0 Å². The summed E-state index contributed by atoms with van der Waals surface area (Å²) in [5.41, 5.74) is 7.83. The Bertz CT molecular complexity index is 445. The van der Waals surface area contributed by atoms with Crippen LogP contribution in [0.3, 0.4) is 0 Å². The molecule has 1 heterocycles. The Balaban J connectivity index is 1.83. The quantitative estimate of drug-likeness (QED) is 0.774. The Morgan fingerprint density at radius 1 is 1.40 bits per heavy atom. The van der Waals surface area contributed by atoms with Crippen molar-refractivity contribution in [2.75, 3.05) is 26.3 Å². The summed E-state index contributed by atoms with van der Waals surface area (Å²) < 4.78 is 5.57. The number of aliphatic hydroxyl groups excluding tert-OH is 1. The Hall–Kier alpha value is -1.01. The summed E-state index contributed by atoms with van der Waals surface area (Å²) in [5, 5.41) is 8.76. The summed E-state index contributed by atoms with van der Waals surface area (Å²) in [6.07, 6.45) is 2.34. The second-order valence-corrected chi connectivity index (χ2v) is 5.57. The molecule has 0 radical (unpaired) electrons. The molecule has 0 unspecified atom stereocenters. The topological polar surface area (TPSA) is 58.7 Å². The zero-order chi connectivity index (χ0) is 14.4. The van der Waals surface area contributed by atoms with Gasteiger partial charge in [0.05, 0.1) is 19.3 Å². The first kappa shape index (κ1) is 15.4. The van der Waals surface area contributed by atoms with E-state index in [9.17, 15) is 0 Å². The van der Waals surface area contributed by atoms with E-state index in [0.29, 0.717) is 17.7 Å². The number of likely N-dealkylation sites (tertiary alicyclic amines) is 1. The molecule has 1 aliphatic rings. The van der Waals surface area contributed by atoms with E-state index in [4.69, 9.17) is 27.8 Å². The maximum Gasteiger partial charge on any atom is 0.103 e. The molecule has 0 amide bonds. The van der Waals surface area contributed by atoms with E-state index in [-0.39, 0.29) is 6.61 Å². The Kier molecular flexibility index (Phi) is 5.91. The lowest BCUT2D eigenvalue weighted by Gasteiger charge is -2.31. The highest BCUT2D eigenvalue weighted by molar-refractivity contribution is 7.80. The second kappa shape index (κ2) is 7.69. The molecule has 1 fully saturated rings. The fourth-order valence-electron chi connectivity index (χ4n) is 2.53. The van der Waals surface area contributed by atoms with Crippen LogP contribution >= 0.6 is 12.2 Å². The highest BCUT2D eigenvalue weighted by atomic mass is 32.1. The van der Waals surface area contributed by atoms with Gasteiger partial charge in [0, 0.05) is 25.2 Å². The van der Waals surface area contributed by atoms with Crippen molar-refractivity contribution in [1.82, 2.24) is 4.90 Å². The van der Waals surface area contributed by atoms with Gasteiger partial charge < -0.3 is 15.6 Å². The van der Waals surface area contributed by atoms with Crippen LogP contribution < -0.4 is 5.73 Å². The number of thiocarbonyl (C=S) groups is 1. The molecule has 0 aliphatic carbocycles. The molecule has 0 aromatic heterocycles. The van der Waals surface area contributed by atoms with Crippen molar-refractivity contribution in [1.29, 1.82) is 0 Å². The predicted octanol–water partition coefficient (Wildman–Crippen LogP) is 1.29. The number of nitrogens with zero attached hydrogens (tertiary/aromatic N) is 1. The average Bonchev–Trinajstić information content (AvgIpc) is 2.47. The molecule has 0 saturated carbocycles. The third-order valence-electron chi connectivity index (χ3n) is 3.60. The number of benzene rings is 1. The third kappa shape index (κ3) is 4.52. The maximum atomic E-state index is 8.76. The van der Waals surface area contributed by atoms with Gasteiger partial charge in [0.15, 0.2) is 0 Å². The monoisotopic (exact) mass is 294 g/mol. The normalized spacial score (nSPS) is 17.2. The molecule has 0 spiro atoms. The van der Waals surface area contributed by atoms with Crippen molar-refractivity contribution in [3.8, 4) is 0 Å². The van der Waals surface area contributed by atoms with Crippen LogP contribution in [0.2, 0.25) is 0 Å². The summed E-state index contributed by atoms with van der Waals surface area (Å²) in [4.78, 5) is 2.86. The first-order chi connectivity index (χ1) is 9.69. The number of ether oxygens (including phenoxy) is 1. The van der Waals surface area contributed by atoms with E-state index >= 15 is 0 Å². The van der Waals surface area contributed by atoms with E-state index < -0.39 is 0 Å². The van der Waals surface area contributed by atoms with Crippen molar-refractivity contribution >= 4 is 17.2 Å². The summed E-state index contributed by atoms with van der Waals surface area (Å²) in [5.74, 6) is 0. The summed E-state index contributed by atoms with van der Waals surface area (Å²) >= 11 is 5.01. The van der Waals surface area contributed by atoms with Crippen molar-refractivity contribution in [2.45, 2.75) is 25.5 Å². The van der Waals surface area contributed by atoms with Crippen LogP contribution in [-0.2, 0) is 11.3 Å². The lowest BCUT2D eigenvalue weighted by atomic mass is 10.1. The number of hydrogen-bond donors (Lipinski definition) is 2. The third-order valence-corrected chi connectivity index (χ3v) is 3.83. The van der Waals surface area contributed by atoms with Crippen LogP contribution in [0.5, 0.6) is 0 Å². The van der Waals surface area contributed by atoms with Gasteiger partial charge in [0.1, 0.15) is 4.99 Å². The van der Waals surface area contributed by atoms with Gasteiger partial charge in [-0.3, -0.25) is 4.90 Å². The molecule has 1 aromatic rings. The van der Waals surface area contributed by atoms with E-state index in [1.54, 1.807) is 0 Å². The smallest absolute Gasteiger partial charge is 0.103 e. The summed E-state index contributed by atoms with van der Waals surface area (Å²) in [6, 6.07) is 8.12. The Morgan fingerprint density at radius 2 is 2.15 bits per heavy atom. The zero-order valence-electron chi connectivity index (χ0n) is 11.6. The van der Waals surface area contributed by atoms with Crippen LogP contribution in [0.15, 0.2) is 24.3 Å². The summed E-state index contributed by atoms with van der Waals surface area (Å²) in [6.45, 7) is 3.51. The van der Waals surface area contributed by atoms with Crippen molar-refractivity contribution < 1.29 is 9.84 Å². The predicted molar refractivity (Wildman–Crippen MR) is 83.7 cm³/mol. The fourth-order valence-corrected chi connectivity index (χ4v) is 2.66. The Labute approximate surface area is 125 Å². The maximum absolute atomic E-state index is 8.76. The molecule has 20 heavy (non-hydrogen) atoms. The van der Waals surface area contributed by atoms with Crippen LogP contribution in [0.1, 0.15) is 24.0 Å². The minimum Gasteiger partial charge on any atom is -0.394 e. The number of aliphatic hydroxyl groups is 1. The van der Waals surface area contributed by atoms with Crippen molar-refractivity contribution in [3.05, 3.63) is 35.4 Å². The van der Waals surface area contributed by atoms with Gasteiger partial charge in [-0.1, -0.05) is 30.4 Å². The van der Waals surface area contributed by atoms with Crippen LogP contribution in [-0.4, -0.2) is 47.4 Å². The SMILES string of the molecule is NC(=S)c1cccc(CN2CCC(OCCO)CC2)c1. The number of nitrogens with two attached hydrogens (primary N) is 1. The van der Waals surface area contributed by atoms with Gasteiger partial charge in [-0.15, -0.1) is 0 Å². The first-order valence-electron chi connectivity index (χ1n) is 7.02. The van der Waals surface area contributed by atoms with E-state index in [1.165, 1.54) is 5.56 Å². The zero-order valence-corrected chi connectivity index (χ0v) is 12.4. The van der Waals surface area contributed by atoms with Gasteiger partial charge in [0.25, 0.3) is 0 Å². The average molecular weight is 294 g/mol. The van der Waals surface area contributed by atoms with Crippen LogP contribution in [0.4, 0.5) is 0 Å². The highest BCUT2D eigenvalue weighted by Crippen LogP contribution is 2.16. The molecule has 110 valence electrons. The highest BCUT2D eigenvalue weighted by Gasteiger charge is 2.19. The molecular weight excluding hydrogens is 272 g/mol. The van der Waals surface area contributed by atoms with Crippen LogP contribution in [0.25, 0.3) is 0 Å². The lowest BCUT2D eigenvalue weighted by molar-refractivity contribution is -0.00901. The first-order valence-corrected chi connectivity index (χ1v) is 7.43. The molecule has 1 aliphatic heterocycles. The number of rotatable bonds is 6. The molecule has 1 aromatic carbocycles. The van der Waals surface area contributed by atoms with Crippen molar-refractivity contribution in [3.63, 3.8) is 0 Å². The van der Waals surface area contributed by atoms with Gasteiger partial charge in [-0.25, -0.2) is 0 Å². The largest absolute Gasteiger partial charge is 0.394 e. The molecule has 0 atom stereocenters. The minimum atomic E-state index is 0.103. The second-order valence-electron chi connectivity index (χ2n) is 5.13. The fraction of sp³-hybridized carbons (Fsp3) is 0.533. The van der Waals surface area contributed by atoms with E-state index in [1.807, 2.05) is 12.1 Å². The standard InChI is InChI=1S/C15H22N2O2S/c16-15(20)13-3-1-2-12(10-13)11-17-6-4-14(5-7-17)19-9-8-18/h1-3,10,14,18H,4-9,11H2,(H2,16,20). The molecule has 5 heteroatoms. The number of piperidine rings is 1. The number of hydrogen-bond acceptors (Lipinski definition) is 4. The minimum absolute atomic E-state index is 0.103. The lowest BCUT2D eigenvalue weighted by Crippen LogP contribution is -2.36. The molecule has 3 N–H and O–H groups in total.